The van der Waals surface area contributed by atoms with Crippen molar-refractivity contribution in [2.24, 2.45) is 0 Å². The summed E-state index contributed by atoms with van der Waals surface area (Å²) in [5.74, 6) is 0.206. The summed E-state index contributed by atoms with van der Waals surface area (Å²) in [6, 6.07) is 7.66. The lowest BCUT2D eigenvalue weighted by molar-refractivity contribution is -0.117. The molecular formula is C18H18ClFN4O2S. The van der Waals surface area contributed by atoms with Crippen molar-refractivity contribution in [1.82, 2.24) is 15.1 Å². The predicted molar refractivity (Wildman–Crippen MR) is 103 cm³/mol. The first-order valence-electron chi connectivity index (χ1n) is 8.38. The minimum absolute atomic E-state index is 0.123. The molecular weight excluding hydrogens is 391 g/mol. The standard InChI is InChI=1S/C18H18ClFN4O2S/c1-2-7-24(10-16(25)21-14-6-5-12(20)9-13(14)19)11-17-22-23-18(26-17)15-4-3-8-27-15/h3-6,8-9H,2,7,10-11H2,1H3,(H,21,25). The zero-order valence-corrected chi connectivity index (χ0v) is 16.2. The number of hydrogen-bond donors (Lipinski definition) is 1. The first kappa shape index (κ1) is 19.5. The Labute approximate surface area is 165 Å². The fourth-order valence-corrected chi connectivity index (χ4v) is 3.38. The number of nitrogens with one attached hydrogen (secondary N) is 1. The third-order valence-electron chi connectivity index (χ3n) is 3.67. The first-order chi connectivity index (χ1) is 13.0. The van der Waals surface area contributed by atoms with E-state index in [9.17, 15) is 9.18 Å². The fourth-order valence-electron chi connectivity index (χ4n) is 2.52. The molecule has 9 heteroatoms. The van der Waals surface area contributed by atoms with Crippen LogP contribution in [0.25, 0.3) is 10.8 Å². The summed E-state index contributed by atoms with van der Waals surface area (Å²) in [6.07, 6.45) is 0.858. The van der Waals surface area contributed by atoms with Gasteiger partial charge in [-0.2, -0.15) is 0 Å². The van der Waals surface area contributed by atoms with Gasteiger partial charge >= 0.3 is 0 Å². The number of benzene rings is 1. The Balaban J connectivity index is 1.62. The van der Waals surface area contributed by atoms with E-state index in [2.05, 4.69) is 15.5 Å². The van der Waals surface area contributed by atoms with Crippen LogP contribution >= 0.6 is 22.9 Å². The highest BCUT2D eigenvalue weighted by Crippen LogP contribution is 2.24. The highest BCUT2D eigenvalue weighted by Gasteiger charge is 2.16. The predicted octanol–water partition coefficient (Wildman–Crippen LogP) is 4.44. The van der Waals surface area contributed by atoms with E-state index in [1.807, 2.05) is 29.3 Å². The molecule has 0 atom stereocenters. The number of aromatic nitrogens is 2. The van der Waals surface area contributed by atoms with Crippen molar-refractivity contribution < 1.29 is 13.6 Å². The Morgan fingerprint density at radius 3 is 2.93 bits per heavy atom. The molecule has 27 heavy (non-hydrogen) atoms. The van der Waals surface area contributed by atoms with Crippen molar-refractivity contribution in [3.63, 3.8) is 0 Å². The van der Waals surface area contributed by atoms with Crippen molar-refractivity contribution in [3.05, 3.63) is 52.4 Å². The molecule has 2 aromatic heterocycles. The summed E-state index contributed by atoms with van der Waals surface area (Å²) in [6.45, 7) is 3.18. The van der Waals surface area contributed by atoms with Crippen LogP contribution in [0.4, 0.5) is 10.1 Å². The molecule has 0 aliphatic rings. The van der Waals surface area contributed by atoms with Crippen molar-refractivity contribution >= 4 is 34.5 Å². The molecule has 1 aromatic carbocycles. The molecule has 142 valence electrons. The van der Waals surface area contributed by atoms with Gasteiger partial charge in [-0.05, 0) is 42.6 Å². The van der Waals surface area contributed by atoms with Crippen molar-refractivity contribution in [3.8, 4) is 10.8 Å². The summed E-state index contributed by atoms with van der Waals surface area (Å²) in [5.41, 5.74) is 0.372. The molecule has 3 aromatic rings. The molecule has 0 aliphatic heterocycles. The molecule has 0 saturated heterocycles. The normalized spacial score (nSPS) is 11.1. The lowest BCUT2D eigenvalue weighted by Gasteiger charge is -2.19. The van der Waals surface area contributed by atoms with Gasteiger partial charge in [0.25, 0.3) is 5.89 Å². The molecule has 2 heterocycles. The third kappa shape index (κ3) is 5.35. The van der Waals surface area contributed by atoms with Gasteiger partial charge in [0.1, 0.15) is 5.82 Å². The first-order valence-corrected chi connectivity index (χ1v) is 9.64. The molecule has 3 rings (SSSR count). The monoisotopic (exact) mass is 408 g/mol. The van der Waals surface area contributed by atoms with Crippen molar-refractivity contribution in [2.75, 3.05) is 18.4 Å². The van der Waals surface area contributed by atoms with E-state index in [4.69, 9.17) is 16.0 Å². The molecule has 0 unspecified atom stereocenters. The second-order valence-corrected chi connectivity index (χ2v) is 7.22. The number of carbonyl (C=O) groups is 1. The van der Waals surface area contributed by atoms with Crippen LogP contribution in [-0.2, 0) is 11.3 Å². The number of nitrogens with zero attached hydrogens (tertiary/aromatic N) is 3. The maximum absolute atomic E-state index is 13.1. The molecule has 0 saturated carbocycles. The Hall–Kier alpha value is -2.29. The average molecular weight is 409 g/mol. The summed E-state index contributed by atoms with van der Waals surface area (Å²) >= 11 is 7.47. The minimum atomic E-state index is -0.455. The van der Waals surface area contributed by atoms with Crippen LogP contribution < -0.4 is 5.32 Å². The van der Waals surface area contributed by atoms with Crippen LogP contribution in [0.5, 0.6) is 0 Å². The highest BCUT2D eigenvalue weighted by molar-refractivity contribution is 7.13. The molecule has 0 radical (unpaired) electrons. The van der Waals surface area contributed by atoms with E-state index < -0.39 is 5.82 Å². The number of carbonyl (C=O) groups excluding carboxylic acids is 1. The van der Waals surface area contributed by atoms with Crippen LogP contribution in [0, 0.1) is 5.82 Å². The van der Waals surface area contributed by atoms with Gasteiger partial charge in [-0.3, -0.25) is 9.69 Å². The van der Waals surface area contributed by atoms with E-state index in [0.717, 1.165) is 17.4 Å². The average Bonchev–Trinajstić information content (AvgIpc) is 3.29. The van der Waals surface area contributed by atoms with Gasteiger partial charge in [-0.1, -0.05) is 24.6 Å². The number of hydrogen-bond acceptors (Lipinski definition) is 6. The summed E-state index contributed by atoms with van der Waals surface area (Å²) in [4.78, 5) is 15.2. The van der Waals surface area contributed by atoms with Gasteiger partial charge in [-0.25, -0.2) is 4.39 Å². The Kier molecular flexibility index (Phi) is 6.54. The van der Waals surface area contributed by atoms with Crippen LogP contribution in [0.2, 0.25) is 5.02 Å². The molecule has 0 aliphatic carbocycles. The topological polar surface area (TPSA) is 71.3 Å². The Morgan fingerprint density at radius 1 is 1.37 bits per heavy atom. The molecule has 0 spiro atoms. The number of halogens is 2. The maximum Gasteiger partial charge on any atom is 0.257 e. The number of rotatable bonds is 8. The molecule has 0 bridgehead atoms. The van der Waals surface area contributed by atoms with Crippen molar-refractivity contribution in [2.45, 2.75) is 19.9 Å². The quantitative estimate of drug-likeness (QED) is 0.596. The largest absolute Gasteiger partial charge is 0.419 e. The van der Waals surface area contributed by atoms with Crippen LogP contribution in [0.15, 0.2) is 40.1 Å². The van der Waals surface area contributed by atoms with E-state index in [-0.39, 0.29) is 17.5 Å². The zero-order valence-electron chi connectivity index (χ0n) is 14.6. The van der Waals surface area contributed by atoms with E-state index in [1.165, 1.54) is 23.5 Å². The second-order valence-electron chi connectivity index (χ2n) is 5.86. The SMILES string of the molecule is CCCN(CC(=O)Nc1ccc(F)cc1Cl)Cc1nnc(-c2cccs2)o1. The Morgan fingerprint density at radius 2 is 2.22 bits per heavy atom. The van der Waals surface area contributed by atoms with Gasteiger partial charge in [0.2, 0.25) is 11.8 Å². The fraction of sp³-hybridized carbons (Fsp3) is 0.278. The van der Waals surface area contributed by atoms with E-state index in [1.54, 1.807) is 0 Å². The summed E-state index contributed by atoms with van der Waals surface area (Å²) < 4.78 is 18.8. The zero-order chi connectivity index (χ0) is 19.2. The number of anilines is 1. The second kappa shape index (κ2) is 9.07. The smallest absolute Gasteiger partial charge is 0.257 e. The maximum atomic E-state index is 13.1. The van der Waals surface area contributed by atoms with Crippen LogP contribution in [0.1, 0.15) is 19.2 Å². The van der Waals surface area contributed by atoms with Crippen LogP contribution in [0.3, 0.4) is 0 Å². The molecule has 6 nitrogen and oxygen atoms in total. The number of thiophene rings is 1. The lowest BCUT2D eigenvalue weighted by atomic mass is 10.3. The van der Waals surface area contributed by atoms with E-state index in [0.29, 0.717) is 30.6 Å². The van der Waals surface area contributed by atoms with Gasteiger partial charge in [0, 0.05) is 0 Å². The Bertz CT molecular complexity index is 901. The van der Waals surface area contributed by atoms with Gasteiger partial charge in [0.05, 0.1) is 28.7 Å². The van der Waals surface area contributed by atoms with E-state index >= 15 is 0 Å². The summed E-state index contributed by atoms with van der Waals surface area (Å²) in [7, 11) is 0. The third-order valence-corrected chi connectivity index (χ3v) is 4.84. The van der Waals surface area contributed by atoms with Gasteiger partial charge in [0.15, 0.2) is 0 Å². The van der Waals surface area contributed by atoms with Crippen LogP contribution in [-0.4, -0.2) is 34.1 Å². The van der Waals surface area contributed by atoms with Crippen molar-refractivity contribution in [1.29, 1.82) is 0 Å². The lowest BCUT2D eigenvalue weighted by Crippen LogP contribution is -2.33. The highest BCUT2D eigenvalue weighted by atomic mass is 35.5. The summed E-state index contributed by atoms with van der Waals surface area (Å²) in [5, 5.41) is 12.9. The molecule has 1 N–H and O–H groups in total. The van der Waals surface area contributed by atoms with Gasteiger partial charge < -0.3 is 9.73 Å². The number of amides is 1. The molecule has 1 amide bonds. The molecule has 0 fully saturated rings. The minimum Gasteiger partial charge on any atom is -0.419 e. The van der Waals surface area contributed by atoms with Gasteiger partial charge in [-0.15, -0.1) is 21.5 Å².